The van der Waals surface area contributed by atoms with Gasteiger partial charge in [0, 0.05) is 56.2 Å². The predicted molar refractivity (Wildman–Crippen MR) is 142 cm³/mol. The molecule has 12 heteroatoms. The first-order valence-electron chi connectivity index (χ1n) is 12.8. The molecule has 7 nitrogen and oxygen atoms in total. The topological polar surface area (TPSA) is 73.3 Å². The molecule has 1 aromatic rings. The molecule has 2 bridgehead atoms. The normalized spacial score (nSPS) is 28.9. The lowest BCUT2D eigenvalue weighted by Crippen LogP contribution is -2.60. The van der Waals surface area contributed by atoms with Crippen LogP contribution in [0.5, 0.6) is 0 Å². The summed E-state index contributed by atoms with van der Waals surface area (Å²) in [5.74, 6) is 0. The summed E-state index contributed by atoms with van der Waals surface area (Å²) in [5, 5.41) is 10.1. The van der Waals surface area contributed by atoms with Crippen molar-refractivity contribution in [3.05, 3.63) is 53.0 Å². The van der Waals surface area contributed by atoms with Crippen molar-refractivity contribution in [2.45, 2.75) is 56.2 Å². The summed E-state index contributed by atoms with van der Waals surface area (Å²) in [6.07, 6.45) is 3.05. The zero-order chi connectivity index (χ0) is 27.3. The zero-order valence-corrected chi connectivity index (χ0v) is 22.7. The second-order valence-electron chi connectivity index (χ2n) is 10.6. The number of morpholine rings is 1. The van der Waals surface area contributed by atoms with Crippen LogP contribution in [0.15, 0.2) is 47.4 Å². The molecule has 208 valence electrons. The Morgan fingerprint density at radius 1 is 1.08 bits per heavy atom. The van der Waals surface area contributed by atoms with E-state index >= 15 is 0 Å². The largest absolute Gasteiger partial charge is 0.421 e. The number of piperazine rings is 1. The SMILES string of the molecule is C[C@@](O)(c1ccc(N2CCN(S(=O)(=O)C3=CC=CCC3=S)C[C@H]2CN2CC3CCC(C2)O3)cc1)C(F)(F)F. The second kappa shape index (κ2) is 10.3. The van der Waals surface area contributed by atoms with Gasteiger partial charge >= 0.3 is 6.18 Å². The molecule has 1 aliphatic carbocycles. The van der Waals surface area contributed by atoms with Crippen molar-refractivity contribution < 1.29 is 31.4 Å². The second-order valence-corrected chi connectivity index (χ2v) is 13.0. The number of sulfonamides is 1. The van der Waals surface area contributed by atoms with Gasteiger partial charge in [-0.2, -0.15) is 17.5 Å². The highest BCUT2D eigenvalue weighted by atomic mass is 32.2. The van der Waals surface area contributed by atoms with Crippen molar-refractivity contribution in [3.8, 4) is 0 Å². The molecule has 0 radical (unpaired) electrons. The number of fused-ring (bicyclic) bond motifs is 2. The number of likely N-dealkylation sites (tertiary alicyclic amines) is 1. The minimum absolute atomic E-state index is 0.158. The van der Waals surface area contributed by atoms with E-state index in [4.69, 9.17) is 17.0 Å². The fourth-order valence-corrected chi connectivity index (χ4v) is 7.79. The number of thiocarbonyl (C=S) groups is 1. The molecule has 1 N–H and O–H groups in total. The van der Waals surface area contributed by atoms with Crippen LogP contribution in [0.25, 0.3) is 0 Å². The van der Waals surface area contributed by atoms with Crippen LogP contribution in [-0.2, 0) is 20.4 Å². The fourth-order valence-electron chi connectivity index (χ4n) is 5.72. The smallest absolute Gasteiger partial charge is 0.376 e. The van der Waals surface area contributed by atoms with E-state index < -0.39 is 21.8 Å². The molecule has 0 aromatic heterocycles. The lowest BCUT2D eigenvalue weighted by molar-refractivity contribution is -0.258. The standard InChI is InChI=1S/C26H32F3N3O4S2/c1-25(33,26(27,28)29)18-6-8-19(9-7-18)32-13-12-31(38(34,35)24-5-3-2-4-23(24)37)15-20(32)14-30-16-21-10-11-22(17-30)36-21/h2-3,5-9,20-22,33H,4,10-17H2,1H3/t20-,21?,22?,25-/m1/s1. The van der Waals surface area contributed by atoms with Crippen LogP contribution in [0, 0.1) is 0 Å². The number of benzene rings is 1. The van der Waals surface area contributed by atoms with E-state index in [0.717, 1.165) is 32.9 Å². The monoisotopic (exact) mass is 571 g/mol. The van der Waals surface area contributed by atoms with Crippen LogP contribution in [0.2, 0.25) is 0 Å². The van der Waals surface area contributed by atoms with Crippen molar-refractivity contribution in [1.29, 1.82) is 0 Å². The number of anilines is 1. The summed E-state index contributed by atoms with van der Waals surface area (Å²) in [5.41, 5.74) is -2.53. The van der Waals surface area contributed by atoms with Gasteiger partial charge in [-0.25, -0.2) is 8.42 Å². The van der Waals surface area contributed by atoms with Gasteiger partial charge in [0.25, 0.3) is 0 Å². The molecule has 1 aromatic carbocycles. The van der Waals surface area contributed by atoms with Crippen LogP contribution in [0.4, 0.5) is 18.9 Å². The number of rotatable bonds is 6. The third-order valence-corrected chi connectivity index (χ3v) is 10.4. The molecule has 38 heavy (non-hydrogen) atoms. The maximum atomic E-state index is 13.5. The Kier molecular flexibility index (Phi) is 7.51. The van der Waals surface area contributed by atoms with E-state index in [9.17, 15) is 26.7 Å². The predicted octanol–water partition coefficient (Wildman–Crippen LogP) is 3.35. The van der Waals surface area contributed by atoms with Gasteiger partial charge in [-0.3, -0.25) is 4.90 Å². The molecule has 0 spiro atoms. The molecule has 5 rings (SSSR count). The summed E-state index contributed by atoms with van der Waals surface area (Å²) in [7, 11) is -3.79. The first-order valence-corrected chi connectivity index (χ1v) is 14.7. The van der Waals surface area contributed by atoms with Gasteiger partial charge in [0.1, 0.15) is 0 Å². The van der Waals surface area contributed by atoms with Gasteiger partial charge in [-0.05, 0) is 43.5 Å². The Labute approximate surface area is 226 Å². The quantitative estimate of drug-likeness (QED) is 0.525. The molecule has 0 amide bonds. The highest BCUT2D eigenvalue weighted by molar-refractivity contribution is 7.96. The molecule has 3 aliphatic heterocycles. The Balaban J connectivity index is 1.40. The average molecular weight is 572 g/mol. The van der Waals surface area contributed by atoms with Crippen molar-refractivity contribution in [2.75, 3.05) is 44.2 Å². The zero-order valence-electron chi connectivity index (χ0n) is 21.1. The van der Waals surface area contributed by atoms with E-state index in [0.29, 0.717) is 30.1 Å². The van der Waals surface area contributed by atoms with Gasteiger partial charge in [0.2, 0.25) is 10.0 Å². The van der Waals surface area contributed by atoms with E-state index in [1.807, 2.05) is 6.08 Å². The van der Waals surface area contributed by atoms with Gasteiger partial charge < -0.3 is 14.7 Å². The first kappa shape index (κ1) is 27.7. The molecule has 0 saturated carbocycles. The highest BCUT2D eigenvalue weighted by Crippen LogP contribution is 2.39. The first-order chi connectivity index (χ1) is 17.9. The Morgan fingerprint density at radius 2 is 1.74 bits per heavy atom. The molecule has 4 aliphatic rings. The van der Waals surface area contributed by atoms with E-state index in [1.54, 1.807) is 24.3 Å². The maximum Gasteiger partial charge on any atom is 0.421 e. The van der Waals surface area contributed by atoms with Crippen LogP contribution in [-0.4, -0.2) is 91.3 Å². The van der Waals surface area contributed by atoms with E-state index in [-0.39, 0.29) is 41.8 Å². The summed E-state index contributed by atoms with van der Waals surface area (Å²) in [6.45, 7) is 3.67. The number of allylic oxidation sites excluding steroid dienone is 4. The summed E-state index contributed by atoms with van der Waals surface area (Å²) >= 11 is 5.35. The summed E-state index contributed by atoms with van der Waals surface area (Å²) < 4.78 is 74.6. The fraction of sp³-hybridized carbons (Fsp3) is 0.577. The molecule has 3 fully saturated rings. The van der Waals surface area contributed by atoms with Crippen molar-refractivity contribution in [1.82, 2.24) is 9.21 Å². The van der Waals surface area contributed by atoms with Crippen molar-refractivity contribution in [3.63, 3.8) is 0 Å². The number of nitrogens with zero attached hydrogens (tertiary/aromatic N) is 3. The van der Waals surface area contributed by atoms with Gasteiger partial charge in [-0.1, -0.05) is 36.5 Å². The minimum atomic E-state index is -4.81. The molecular formula is C26H32F3N3O4S2. The van der Waals surface area contributed by atoms with E-state index in [2.05, 4.69) is 9.80 Å². The number of ether oxygens (including phenoxy) is 1. The van der Waals surface area contributed by atoms with Crippen LogP contribution < -0.4 is 4.90 Å². The number of alkyl halides is 3. The van der Waals surface area contributed by atoms with E-state index in [1.165, 1.54) is 16.4 Å². The van der Waals surface area contributed by atoms with Gasteiger partial charge in [0.05, 0.1) is 23.2 Å². The number of hydrogen-bond acceptors (Lipinski definition) is 7. The molecule has 3 heterocycles. The summed E-state index contributed by atoms with van der Waals surface area (Å²) in [4.78, 5) is 4.91. The third kappa shape index (κ3) is 5.31. The number of aliphatic hydroxyl groups is 1. The van der Waals surface area contributed by atoms with Gasteiger partial charge in [0.15, 0.2) is 5.60 Å². The van der Waals surface area contributed by atoms with Crippen molar-refractivity contribution >= 4 is 32.8 Å². The molecule has 4 atom stereocenters. The molecular weight excluding hydrogens is 539 g/mol. The summed E-state index contributed by atoms with van der Waals surface area (Å²) in [6, 6.07) is 5.47. The molecule has 3 saturated heterocycles. The molecule has 2 unspecified atom stereocenters. The Morgan fingerprint density at radius 3 is 2.34 bits per heavy atom. The lowest BCUT2D eigenvalue weighted by atomic mass is 9.95. The highest BCUT2D eigenvalue weighted by Gasteiger charge is 2.51. The Hall–Kier alpha value is -1.83. The van der Waals surface area contributed by atoms with Crippen molar-refractivity contribution in [2.24, 2.45) is 0 Å². The number of hydrogen-bond donors (Lipinski definition) is 1. The average Bonchev–Trinajstić information content (AvgIpc) is 3.21. The lowest BCUT2D eigenvalue weighted by Gasteiger charge is -2.45. The van der Waals surface area contributed by atoms with Crippen LogP contribution in [0.3, 0.4) is 0 Å². The maximum absolute atomic E-state index is 13.5. The number of halogens is 3. The third-order valence-electron chi connectivity index (χ3n) is 7.93. The van der Waals surface area contributed by atoms with Crippen LogP contribution >= 0.6 is 12.2 Å². The van der Waals surface area contributed by atoms with Crippen LogP contribution in [0.1, 0.15) is 31.7 Å². The minimum Gasteiger partial charge on any atom is -0.376 e. The van der Waals surface area contributed by atoms with Gasteiger partial charge in [-0.15, -0.1) is 0 Å². The Bertz CT molecular complexity index is 1220.